The van der Waals surface area contributed by atoms with Crippen molar-refractivity contribution in [1.29, 1.82) is 0 Å². The van der Waals surface area contributed by atoms with E-state index in [4.69, 9.17) is 4.74 Å². The van der Waals surface area contributed by atoms with Crippen LogP contribution in [0.15, 0.2) is 48.7 Å². The number of halogens is 1. The number of carbonyl (C=O) groups excluding carboxylic acids is 2. The van der Waals surface area contributed by atoms with Crippen molar-refractivity contribution in [3.63, 3.8) is 0 Å². The first-order valence-corrected chi connectivity index (χ1v) is 11.7. The molecule has 8 heteroatoms. The molecule has 1 amide bonds. The molecule has 0 bridgehead atoms. The maximum atomic E-state index is 12.7. The number of fused-ring (bicyclic) bond motifs is 1. The highest BCUT2D eigenvalue weighted by molar-refractivity contribution is 14.1. The van der Waals surface area contributed by atoms with E-state index in [1.165, 1.54) is 11.5 Å². The Morgan fingerprint density at radius 1 is 1.17 bits per heavy atom. The maximum absolute atomic E-state index is 12.7. The van der Waals surface area contributed by atoms with Gasteiger partial charge in [-0.15, -0.1) is 0 Å². The fourth-order valence-corrected chi connectivity index (χ4v) is 4.63. The van der Waals surface area contributed by atoms with Gasteiger partial charge in [-0.25, -0.2) is 4.79 Å². The van der Waals surface area contributed by atoms with Crippen molar-refractivity contribution in [2.75, 3.05) is 31.6 Å². The Bertz CT molecular complexity index is 1030. The van der Waals surface area contributed by atoms with E-state index < -0.39 is 6.09 Å². The molecule has 1 fully saturated rings. The van der Waals surface area contributed by atoms with E-state index in [0.717, 1.165) is 45.2 Å². The van der Waals surface area contributed by atoms with Crippen LogP contribution in [-0.4, -0.2) is 47.4 Å². The number of nitrogens with zero attached hydrogens (tertiary/aromatic N) is 2. The van der Waals surface area contributed by atoms with Crippen LogP contribution >= 0.6 is 34.1 Å². The summed E-state index contributed by atoms with van der Waals surface area (Å²) in [4.78, 5) is 26.9. The number of aromatic nitrogens is 1. The zero-order chi connectivity index (χ0) is 20.9. The highest BCUT2D eigenvalue weighted by Crippen LogP contribution is 2.23. The van der Waals surface area contributed by atoms with E-state index in [-0.39, 0.29) is 11.7 Å². The van der Waals surface area contributed by atoms with E-state index in [1.54, 1.807) is 6.20 Å². The molecule has 30 heavy (non-hydrogen) atoms. The summed E-state index contributed by atoms with van der Waals surface area (Å²) in [6.07, 6.45) is 3.00. The summed E-state index contributed by atoms with van der Waals surface area (Å²) in [5, 5.41) is 3.76. The highest BCUT2D eigenvalue weighted by Gasteiger charge is 2.25. The Morgan fingerprint density at radius 3 is 2.70 bits per heavy atom. The second-order valence-electron chi connectivity index (χ2n) is 7.33. The van der Waals surface area contributed by atoms with Gasteiger partial charge in [-0.1, -0.05) is 12.1 Å². The molecule has 0 aliphatic carbocycles. The maximum Gasteiger partial charge on any atom is 0.411 e. The molecule has 6 nitrogen and oxygen atoms in total. The van der Waals surface area contributed by atoms with Gasteiger partial charge in [-0.2, -0.15) is 4.37 Å². The Kier molecular flexibility index (Phi) is 6.96. The van der Waals surface area contributed by atoms with Crippen LogP contribution in [0.1, 0.15) is 23.2 Å². The molecule has 1 N–H and O–H groups in total. The first-order chi connectivity index (χ1) is 14.6. The van der Waals surface area contributed by atoms with Crippen LogP contribution in [0.4, 0.5) is 10.5 Å². The topological polar surface area (TPSA) is 71.5 Å². The molecule has 0 atom stereocenters. The normalized spacial score (nSPS) is 15.2. The molecule has 2 aromatic carbocycles. The number of hydrogen-bond donors (Lipinski definition) is 1. The number of amides is 1. The largest absolute Gasteiger partial charge is 0.448 e. The van der Waals surface area contributed by atoms with Crippen LogP contribution in [0.3, 0.4) is 0 Å². The molecule has 156 valence electrons. The minimum Gasteiger partial charge on any atom is -0.448 e. The average molecular weight is 535 g/mol. The van der Waals surface area contributed by atoms with Gasteiger partial charge in [-0.05, 0) is 90.4 Å². The van der Waals surface area contributed by atoms with Gasteiger partial charge in [-0.3, -0.25) is 15.0 Å². The first kappa shape index (κ1) is 21.2. The summed E-state index contributed by atoms with van der Waals surface area (Å²) < 4.78 is 11.7. The van der Waals surface area contributed by atoms with Crippen LogP contribution in [0.25, 0.3) is 10.1 Å². The third kappa shape index (κ3) is 5.35. The number of ether oxygens (including phenoxy) is 1. The van der Waals surface area contributed by atoms with Crippen molar-refractivity contribution in [3.05, 3.63) is 57.8 Å². The number of piperidine rings is 1. The van der Waals surface area contributed by atoms with Gasteiger partial charge in [0.25, 0.3) is 0 Å². The van der Waals surface area contributed by atoms with Crippen LogP contribution < -0.4 is 5.32 Å². The van der Waals surface area contributed by atoms with Crippen LogP contribution in [0.5, 0.6) is 0 Å². The van der Waals surface area contributed by atoms with E-state index in [1.807, 2.05) is 42.5 Å². The molecule has 1 aliphatic heterocycles. The Balaban J connectivity index is 1.18. The molecule has 2 heterocycles. The highest BCUT2D eigenvalue weighted by atomic mass is 127. The van der Waals surface area contributed by atoms with Crippen molar-refractivity contribution in [3.8, 4) is 0 Å². The molecule has 1 aromatic heterocycles. The Labute approximate surface area is 192 Å². The Hall–Kier alpha value is -2.04. The Morgan fingerprint density at radius 2 is 1.93 bits per heavy atom. The van der Waals surface area contributed by atoms with Crippen molar-refractivity contribution in [2.24, 2.45) is 5.92 Å². The number of rotatable bonds is 6. The van der Waals surface area contributed by atoms with Gasteiger partial charge in [0.15, 0.2) is 5.78 Å². The van der Waals surface area contributed by atoms with Gasteiger partial charge in [0.2, 0.25) is 0 Å². The van der Waals surface area contributed by atoms with Crippen LogP contribution in [-0.2, 0) is 4.74 Å². The molecule has 3 aromatic rings. The second-order valence-corrected chi connectivity index (χ2v) is 9.41. The molecular formula is C22H22IN3O3S. The van der Waals surface area contributed by atoms with E-state index in [2.05, 4.69) is 37.2 Å². The minimum absolute atomic E-state index is 0.0760. The summed E-state index contributed by atoms with van der Waals surface area (Å²) in [5.41, 5.74) is 1.49. The lowest BCUT2D eigenvalue weighted by Gasteiger charge is -2.31. The van der Waals surface area contributed by atoms with Gasteiger partial charge in [0.1, 0.15) is 6.61 Å². The van der Waals surface area contributed by atoms with Gasteiger partial charge in [0.05, 0.1) is 4.70 Å². The summed E-state index contributed by atoms with van der Waals surface area (Å²) >= 11 is 3.67. The number of benzene rings is 2. The second kappa shape index (κ2) is 9.84. The van der Waals surface area contributed by atoms with Crippen LogP contribution in [0, 0.1) is 9.49 Å². The van der Waals surface area contributed by atoms with Crippen molar-refractivity contribution < 1.29 is 14.3 Å². The van der Waals surface area contributed by atoms with Crippen molar-refractivity contribution >= 4 is 61.8 Å². The number of anilines is 1. The lowest BCUT2D eigenvalue weighted by molar-refractivity contribution is 0.0813. The molecule has 4 rings (SSSR count). The standard InChI is InChI=1S/C22H22IN3O3S/c23-18-3-1-15(2-4-18)21(27)16-7-9-26(10-8-16)11-12-29-22(28)25-19-5-6-20-17(13-19)14-24-30-20/h1-6,13-14,16H,7-12H2,(H,25,28). The molecule has 1 saturated heterocycles. The lowest BCUT2D eigenvalue weighted by Crippen LogP contribution is -2.38. The fourth-order valence-electron chi connectivity index (χ4n) is 3.64. The molecule has 0 saturated carbocycles. The summed E-state index contributed by atoms with van der Waals surface area (Å²) in [6, 6.07) is 13.4. The number of hydrogen-bond acceptors (Lipinski definition) is 6. The predicted octanol–water partition coefficient (Wildman–Crippen LogP) is 5.04. The number of Topliss-reactive ketones (excluding diaryl/α,β-unsaturated/α-hetero) is 1. The molecule has 0 radical (unpaired) electrons. The first-order valence-electron chi connectivity index (χ1n) is 9.89. The smallest absolute Gasteiger partial charge is 0.411 e. The quantitative estimate of drug-likeness (QED) is 0.354. The van der Waals surface area contributed by atoms with Crippen molar-refractivity contribution in [2.45, 2.75) is 12.8 Å². The number of likely N-dealkylation sites (tertiary alicyclic amines) is 1. The summed E-state index contributed by atoms with van der Waals surface area (Å²) in [7, 11) is 0. The van der Waals surface area contributed by atoms with Crippen LogP contribution in [0.2, 0.25) is 0 Å². The molecule has 1 aliphatic rings. The molecule has 0 spiro atoms. The van der Waals surface area contributed by atoms with E-state index in [9.17, 15) is 9.59 Å². The predicted molar refractivity (Wildman–Crippen MR) is 127 cm³/mol. The van der Waals surface area contributed by atoms with E-state index in [0.29, 0.717) is 18.8 Å². The number of carbonyl (C=O) groups is 2. The lowest BCUT2D eigenvalue weighted by atomic mass is 9.89. The minimum atomic E-state index is -0.457. The van der Waals surface area contributed by atoms with Gasteiger partial charge in [0, 0.05) is 38.9 Å². The zero-order valence-electron chi connectivity index (χ0n) is 16.3. The average Bonchev–Trinajstić information content (AvgIpc) is 3.22. The van der Waals surface area contributed by atoms with Gasteiger partial charge >= 0.3 is 6.09 Å². The summed E-state index contributed by atoms with van der Waals surface area (Å²) in [5.74, 6) is 0.312. The van der Waals surface area contributed by atoms with E-state index >= 15 is 0 Å². The fraction of sp³-hybridized carbons (Fsp3) is 0.318. The zero-order valence-corrected chi connectivity index (χ0v) is 19.3. The SMILES string of the molecule is O=C(Nc1ccc2sncc2c1)OCCN1CCC(C(=O)c2ccc(I)cc2)CC1. The van der Waals surface area contributed by atoms with Crippen molar-refractivity contribution in [1.82, 2.24) is 9.27 Å². The molecular weight excluding hydrogens is 513 g/mol. The molecule has 0 unspecified atom stereocenters. The monoisotopic (exact) mass is 535 g/mol. The third-order valence-electron chi connectivity index (χ3n) is 5.33. The number of nitrogens with one attached hydrogen (secondary N) is 1. The third-order valence-corrected chi connectivity index (χ3v) is 6.83. The van der Waals surface area contributed by atoms with Gasteiger partial charge < -0.3 is 4.74 Å². The number of ketones is 1. The summed E-state index contributed by atoms with van der Waals surface area (Å²) in [6.45, 7) is 2.68.